The quantitative estimate of drug-likeness (QED) is 0.670. The SMILES string of the molecule is Fc1ccc(-n2ncc3c(Cl)nc(C4CCC4)nc32)c(F)c1. The first-order chi connectivity index (χ1) is 10.6. The summed E-state index contributed by atoms with van der Waals surface area (Å²) in [6, 6.07) is 3.33. The summed E-state index contributed by atoms with van der Waals surface area (Å²) in [6.45, 7) is 0. The van der Waals surface area contributed by atoms with Gasteiger partial charge in [-0.15, -0.1) is 0 Å². The Morgan fingerprint density at radius 3 is 2.68 bits per heavy atom. The van der Waals surface area contributed by atoms with E-state index in [4.69, 9.17) is 11.6 Å². The summed E-state index contributed by atoms with van der Waals surface area (Å²) in [5, 5.41) is 4.98. The minimum Gasteiger partial charge on any atom is -0.220 e. The molecule has 112 valence electrons. The molecule has 1 fully saturated rings. The number of hydrogen-bond acceptors (Lipinski definition) is 3. The van der Waals surface area contributed by atoms with E-state index in [1.807, 2.05) is 0 Å². The monoisotopic (exact) mass is 320 g/mol. The second-order valence-electron chi connectivity index (χ2n) is 5.39. The van der Waals surface area contributed by atoms with Gasteiger partial charge in [-0.25, -0.2) is 23.4 Å². The first kappa shape index (κ1) is 13.6. The van der Waals surface area contributed by atoms with Crippen LogP contribution in [-0.2, 0) is 0 Å². The molecule has 1 aliphatic rings. The third-order valence-electron chi connectivity index (χ3n) is 4.01. The van der Waals surface area contributed by atoms with Crippen LogP contribution in [0.25, 0.3) is 16.7 Å². The molecule has 3 aromatic rings. The Kier molecular flexibility index (Phi) is 3.07. The maximum absolute atomic E-state index is 14.0. The van der Waals surface area contributed by atoms with Crippen molar-refractivity contribution in [1.29, 1.82) is 0 Å². The summed E-state index contributed by atoms with van der Waals surface area (Å²) in [4.78, 5) is 8.82. The Balaban J connectivity index is 1.92. The van der Waals surface area contributed by atoms with Crippen LogP contribution >= 0.6 is 11.6 Å². The fourth-order valence-corrected chi connectivity index (χ4v) is 2.79. The molecule has 7 heteroatoms. The van der Waals surface area contributed by atoms with Crippen molar-refractivity contribution in [3.8, 4) is 5.69 Å². The highest BCUT2D eigenvalue weighted by Gasteiger charge is 2.25. The molecule has 0 N–H and O–H groups in total. The number of fused-ring (bicyclic) bond motifs is 1. The zero-order chi connectivity index (χ0) is 15.3. The minimum absolute atomic E-state index is 0.130. The van der Waals surface area contributed by atoms with Gasteiger partial charge in [-0.1, -0.05) is 18.0 Å². The molecule has 2 aromatic heterocycles. The average Bonchev–Trinajstić information content (AvgIpc) is 2.81. The maximum Gasteiger partial charge on any atom is 0.168 e. The number of halogens is 3. The number of aromatic nitrogens is 4. The molecule has 0 unspecified atom stereocenters. The molecule has 4 rings (SSSR count). The lowest BCUT2D eigenvalue weighted by Crippen LogP contribution is -2.13. The van der Waals surface area contributed by atoms with Crippen molar-refractivity contribution in [2.75, 3.05) is 0 Å². The van der Waals surface area contributed by atoms with Crippen molar-refractivity contribution in [2.24, 2.45) is 0 Å². The molecule has 1 aromatic carbocycles. The van der Waals surface area contributed by atoms with Crippen molar-refractivity contribution in [3.05, 3.63) is 47.0 Å². The van der Waals surface area contributed by atoms with Crippen molar-refractivity contribution in [1.82, 2.24) is 19.7 Å². The standard InChI is InChI=1S/C15H11ClF2N4/c16-13-10-7-19-22(12-5-4-9(17)6-11(12)18)15(10)21-14(20-13)8-2-1-3-8/h4-8H,1-3H2. The Morgan fingerprint density at radius 2 is 2.00 bits per heavy atom. The van der Waals surface area contributed by atoms with Crippen LogP contribution in [0, 0.1) is 11.6 Å². The van der Waals surface area contributed by atoms with Gasteiger partial charge >= 0.3 is 0 Å². The highest BCUT2D eigenvalue weighted by molar-refractivity contribution is 6.33. The highest BCUT2D eigenvalue weighted by Crippen LogP contribution is 2.36. The molecular formula is C15H11ClF2N4. The van der Waals surface area contributed by atoms with Crippen molar-refractivity contribution in [3.63, 3.8) is 0 Å². The zero-order valence-electron chi connectivity index (χ0n) is 11.4. The van der Waals surface area contributed by atoms with Gasteiger partial charge in [-0.05, 0) is 25.0 Å². The molecule has 1 aliphatic carbocycles. The second kappa shape index (κ2) is 4.98. The summed E-state index contributed by atoms with van der Waals surface area (Å²) in [6.07, 6.45) is 4.70. The van der Waals surface area contributed by atoms with Crippen molar-refractivity contribution >= 4 is 22.6 Å². The normalized spacial score (nSPS) is 15.2. The molecule has 22 heavy (non-hydrogen) atoms. The van der Waals surface area contributed by atoms with Crippen LogP contribution in [0.3, 0.4) is 0 Å². The van der Waals surface area contributed by atoms with Crippen LogP contribution in [0.4, 0.5) is 8.78 Å². The number of nitrogens with zero attached hydrogens (tertiary/aromatic N) is 4. The number of rotatable bonds is 2. The lowest BCUT2D eigenvalue weighted by Gasteiger charge is -2.23. The van der Waals surface area contributed by atoms with Gasteiger partial charge in [-0.3, -0.25) is 0 Å². The molecule has 0 saturated heterocycles. The first-order valence-corrected chi connectivity index (χ1v) is 7.38. The molecule has 4 nitrogen and oxygen atoms in total. The highest BCUT2D eigenvalue weighted by atomic mass is 35.5. The zero-order valence-corrected chi connectivity index (χ0v) is 12.2. The molecule has 0 atom stereocenters. The molecule has 0 aliphatic heterocycles. The van der Waals surface area contributed by atoms with Crippen molar-refractivity contribution < 1.29 is 8.78 Å². The van der Waals surface area contributed by atoms with E-state index in [0.717, 1.165) is 25.3 Å². The molecule has 2 heterocycles. The topological polar surface area (TPSA) is 43.6 Å². The van der Waals surface area contributed by atoms with Crippen LogP contribution in [0.2, 0.25) is 5.15 Å². The molecular weight excluding hydrogens is 310 g/mol. The van der Waals surface area contributed by atoms with Gasteiger partial charge in [0.2, 0.25) is 0 Å². The smallest absolute Gasteiger partial charge is 0.168 e. The summed E-state index contributed by atoms with van der Waals surface area (Å²) in [5.41, 5.74) is 0.568. The second-order valence-corrected chi connectivity index (χ2v) is 5.75. The van der Waals surface area contributed by atoms with E-state index in [2.05, 4.69) is 15.1 Å². The van der Waals surface area contributed by atoms with E-state index in [-0.39, 0.29) is 5.69 Å². The average molecular weight is 321 g/mol. The van der Waals surface area contributed by atoms with Gasteiger partial charge < -0.3 is 0 Å². The molecule has 0 radical (unpaired) electrons. The fourth-order valence-electron chi connectivity index (χ4n) is 2.57. The third kappa shape index (κ3) is 2.06. The van der Waals surface area contributed by atoms with Gasteiger partial charge in [0.25, 0.3) is 0 Å². The summed E-state index contributed by atoms with van der Waals surface area (Å²) >= 11 is 6.19. The van der Waals surface area contributed by atoms with Crippen LogP contribution in [0.15, 0.2) is 24.4 Å². The van der Waals surface area contributed by atoms with E-state index in [1.54, 1.807) is 0 Å². The van der Waals surface area contributed by atoms with E-state index in [1.165, 1.54) is 23.0 Å². The van der Waals surface area contributed by atoms with E-state index in [9.17, 15) is 8.78 Å². The summed E-state index contributed by atoms with van der Waals surface area (Å²) in [7, 11) is 0. The number of benzene rings is 1. The fraction of sp³-hybridized carbons (Fsp3) is 0.267. The Hall–Kier alpha value is -2.08. The minimum atomic E-state index is -0.704. The third-order valence-corrected chi connectivity index (χ3v) is 4.30. The van der Waals surface area contributed by atoms with Crippen LogP contribution in [-0.4, -0.2) is 19.7 Å². The first-order valence-electron chi connectivity index (χ1n) is 7.00. The lowest BCUT2D eigenvalue weighted by atomic mass is 9.85. The van der Waals surface area contributed by atoms with Crippen LogP contribution in [0.1, 0.15) is 31.0 Å². The van der Waals surface area contributed by atoms with Gasteiger partial charge in [0, 0.05) is 12.0 Å². The predicted molar refractivity (Wildman–Crippen MR) is 78.2 cm³/mol. The molecule has 1 saturated carbocycles. The van der Waals surface area contributed by atoms with Crippen LogP contribution in [0.5, 0.6) is 0 Å². The largest absolute Gasteiger partial charge is 0.220 e. The summed E-state index contributed by atoms with van der Waals surface area (Å²) < 4.78 is 28.4. The van der Waals surface area contributed by atoms with Crippen LogP contribution < -0.4 is 0 Å². The van der Waals surface area contributed by atoms with E-state index in [0.29, 0.717) is 27.9 Å². The van der Waals surface area contributed by atoms with Gasteiger partial charge in [0.15, 0.2) is 11.5 Å². The Morgan fingerprint density at radius 1 is 1.18 bits per heavy atom. The van der Waals surface area contributed by atoms with Gasteiger partial charge in [0.1, 0.15) is 22.5 Å². The molecule has 0 spiro atoms. The predicted octanol–water partition coefficient (Wildman–Crippen LogP) is 4.01. The lowest BCUT2D eigenvalue weighted by molar-refractivity contribution is 0.402. The Labute approximate surface area is 129 Å². The van der Waals surface area contributed by atoms with Crippen molar-refractivity contribution in [2.45, 2.75) is 25.2 Å². The maximum atomic E-state index is 14.0. The van der Waals surface area contributed by atoms with Gasteiger partial charge in [-0.2, -0.15) is 5.10 Å². The Bertz CT molecular complexity index is 873. The summed E-state index contributed by atoms with van der Waals surface area (Å²) in [5.74, 6) is -0.387. The van der Waals surface area contributed by atoms with E-state index >= 15 is 0 Å². The molecule has 0 amide bonds. The number of hydrogen-bond donors (Lipinski definition) is 0. The van der Waals surface area contributed by atoms with E-state index < -0.39 is 11.6 Å². The molecule has 0 bridgehead atoms. The van der Waals surface area contributed by atoms with Gasteiger partial charge in [0.05, 0.1) is 11.6 Å².